The normalized spacial score (nSPS) is 18.7. The van der Waals surface area contributed by atoms with E-state index in [0.29, 0.717) is 29.2 Å². The lowest BCUT2D eigenvalue weighted by atomic mass is 9.92. The average Bonchev–Trinajstić information content (AvgIpc) is 3.50. The average molecular weight is 485 g/mol. The maximum Gasteiger partial charge on any atom is 0.325 e. The molecule has 2 aliphatic rings. The lowest BCUT2D eigenvalue weighted by molar-refractivity contribution is -0.134. The highest BCUT2D eigenvalue weighted by molar-refractivity contribution is 7.22. The van der Waals surface area contributed by atoms with E-state index in [1.54, 1.807) is 0 Å². The van der Waals surface area contributed by atoms with Gasteiger partial charge in [-0.05, 0) is 48.2 Å². The predicted octanol–water partition coefficient (Wildman–Crippen LogP) is 4.42. The summed E-state index contributed by atoms with van der Waals surface area (Å²) in [6, 6.07) is 22.0. The summed E-state index contributed by atoms with van der Waals surface area (Å²) in [5.74, 6) is 0.499. The van der Waals surface area contributed by atoms with Crippen LogP contribution in [0.25, 0.3) is 10.2 Å². The van der Waals surface area contributed by atoms with Gasteiger partial charge in [0.05, 0.1) is 10.2 Å². The zero-order chi connectivity index (χ0) is 24.0. The summed E-state index contributed by atoms with van der Waals surface area (Å²) in [7, 11) is 0. The Labute approximate surface area is 204 Å². The number of amides is 4. The van der Waals surface area contributed by atoms with Crippen molar-refractivity contribution >= 4 is 44.5 Å². The number of benzene rings is 3. The number of fused-ring (bicyclic) bond motifs is 3. The molecular formula is C26H20N4O4S. The van der Waals surface area contributed by atoms with Crippen LogP contribution >= 0.6 is 11.3 Å². The Kier molecular flexibility index (Phi) is 5.00. The van der Waals surface area contributed by atoms with E-state index in [1.807, 2.05) is 72.8 Å². The molecule has 3 aromatic carbocycles. The van der Waals surface area contributed by atoms with Crippen molar-refractivity contribution in [3.63, 3.8) is 0 Å². The molecule has 1 unspecified atom stereocenters. The minimum atomic E-state index is -1.08. The van der Waals surface area contributed by atoms with E-state index in [4.69, 9.17) is 4.74 Å². The summed E-state index contributed by atoms with van der Waals surface area (Å²) in [6.07, 6.45) is 1.18. The van der Waals surface area contributed by atoms with Gasteiger partial charge in [-0.15, -0.1) is 0 Å². The molecule has 1 aliphatic carbocycles. The second-order valence-electron chi connectivity index (χ2n) is 8.50. The quantitative estimate of drug-likeness (QED) is 0.409. The van der Waals surface area contributed by atoms with Gasteiger partial charge in [0.1, 0.15) is 23.6 Å². The van der Waals surface area contributed by atoms with Crippen molar-refractivity contribution in [3.05, 3.63) is 83.9 Å². The highest BCUT2D eigenvalue weighted by atomic mass is 32.1. The highest BCUT2D eigenvalue weighted by Crippen LogP contribution is 2.41. The number of imide groups is 1. The maximum absolute atomic E-state index is 13.3. The van der Waals surface area contributed by atoms with Crippen LogP contribution in [0.15, 0.2) is 72.8 Å². The minimum absolute atomic E-state index is 0.382. The molecule has 1 atom stereocenters. The number of carbonyl (C=O) groups is 3. The first kappa shape index (κ1) is 21.3. The van der Waals surface area contributed by atoms with Crippen LogP contribution in [-0.4, -0.2) is 34.3 Å². The SMILES string of the molecule is O=C(CN1C(=O)NC2(CCc3ccccc32)C1=O)Nc1nc2ccc(Oc3ccccc3)cc2s1. The molecule has 2 N–H and O–H groups in total. The Morgan fingerprint density at radius 3 is 2.71 bits per heavy atom. The van der Waals surface area contributed by atoms with Crippen molar-refractivity contribution in [1.82, 2.24) is 15.2 Å². The standard InChI is InChI=1S/C26H20N4O4S/c31-22(15-30-23(32)26(29-25(30)33)13-12-16-6-4-5-9-19(16)26)28-24-27-20-11-10-18(14-21(20)35-24)34-17-7-2-1-3-8-17/h1-11,14H,12-13,15H2,(H,29,33)(H,27,28,31). The first-order valence-electron chi connectivity index (χ1n) is 11.2. The molecule has 0 bridgehead atoms. The Balaban J connectivity index is 1.16. The van der Waals surface area contributed by atoms with E-state index in [9.17, 15) is 14.4 Å². The lowest BCUT2D eigenvalue weighted by Crippen LogP contribution is -2.42. The number of hydrogen-bond donors (Lipinski definition) is 2. The van der Waals surface area contributed by atoms with Crippen molar-refractivity contribution in [2.24, 2.45) is 0 Å². The summed E-state index contributed by atoms with van der Waals surface area (Å²) in [4.78, 5) is 44.1. The van der Waals surface area contributed by atoms with Gasteiger partial charge >= 0.3 is 6.03 Å². The van der Waals surface area contributed by atoms with Gasteiger partial charge in [0.2, 0.25) is 5.91 Å². The van der Waals surface area contributed by atoms with Crippen LogP contribution in [0.5, 0.6) is 11.5 Å². The van der Waals surface area contributed by atoms with Gasteiger partial charge in [-0.25, -0.2) is 9.78 Å². The summed E-state index contributed by atoms with van der Waals surface area (Å²) >= 11 is 1.29. The van der Waals surface area contributed by atoms with Gasteiger partial charge in [0.15, 0.2) is 5.13 Å². The number of anilines is 1. The van der Waals surface area contributed by atoms with Crippen LogP contribution in [0.4, 0.5) is 9.93 Å². The molecular weight excluding hydrogens is 464 g/mol. The molecule has 1 aromatic heterocycles. The van der Waals surface area contributed by atoms with E-state index >= 15 is 0 Å². The summed E-state index contributed by atoms with van der Waals surface area (Å²) in [5.41, 5.74) is 1.47. The molecule has 0 radical (unpaired) electrons. The topological polar surface area (TPSA) is 101 Å². The first-order chi connectivity index (χ1) is 17.0. The van der Waals surface area contributed by atoms with Crippen molar-refractivity contribution in [2.45, 2.75) is 18.4 Å². The number of rotatable bonds is 5. The molecule has 4 aromatic rings. The molecule has 1 saturated heterocycles. The van der Waals surface area contributed by atoms with E-state index in [-0.39, 0.29) is 6.54 Å². The van der Waals surface area contributed by atoms with E-state index in [2.05, 4.69) is 15.6 Å². The smallest absolute Gasteiger partial charge is 0.325 e. The fourth-order valence-corrected chi connectivity index (χ4v) is 5.59. The zero-order valence-electron chi connectivity index (χ0n) is 18.5. The molecule has 1 fully saturated rings. The van der Waals surface area contributed by atoms with Crippen LogP contribution in [0.1, 0.15) is 17.5 Å². The number of aryl methyl sites for hydroxylation is 1. The fraction of sp³-hybridized carbons (Fsp3) is 0.154. The number of urea groups is 1. The summed E-state index contributed by atoms with van der Waals surface area (Å²) in [6.45, 7) is -0.382. The first-order valence-corrected chi connectivity index (χ1v) is 12.0. The minimum Gasteiger partial charge on any atom is -0.457 e. The third-order valence-corrected chi connectivity index (χ3v) is 7.24. The third-order valence-electron chi connectivity index (χ3n) is 6.31. The Morgan fingerprint density at radius 1 is 1.06 bits per heavy atom. The molecule has 1 aliphatic heterocycles. The molecule has 0 saturated carbocycles. The number of aromatic nitrogens is 1. The number of hydrogen-bond acceptors (Lipinski definition) is 6. The van der Waals surface area contributed by atoms with Crippen LogP contribution in [0, 0.1) is 0 Å². The number of carbonyl (C=O) groups excluding carboxylic acids is 3. The fourth-order valence-electron chi connectivity index (χ4n) is 4.68. The van der Waals surface area contributed by atoms with Crippen molar-refractivity contribution in [2.75, 3.05) is 11.9 Å². The lowest BCUT2D eigenvalue weighted by Gasteiger charge is -2.22. The van der Waals surface area contributed by atoms with Crippen LogP contribution in [0.2, 0.25) is 0 Å². The Hall–Kier alpha value is -4.24. The van der Waals surface area contributed by atoms with Gasteiger partial charge in [-0.2, -0.15) is 0 Å². The van der Waals surface area contributed by atoms with Gasteiger partial charge in [0.25, 0.3) is 5.91 Å². The second-order valence-corrected chi connectivity index (χ2v) is 9.53. The van der Waals surface area contributed by atoms with Crippen molar-refractivity contribution in [1.29, 1.82) is 0 Å². The highest BCUT2D eigenvalue weighted by Gasteiger charge is 2.55. The molecule has 35 heavy (non-hydrogen) atoms. The molecule has 4 amide bonds. The Morgan fingerprint density at radius 2 is 1.86 bits per heavy atom. The number of para-hydroxylation sites is 1. The van der Waals surface area contributed by atoms with Crippen molar-refractivity contribution in [3.8, 4) is 11.5 Å². The van der Waals surface area contributed by atoms with E-state index in [1.165, 1.54) is 11.3 Å². The van der Waals surface area contributed by atoms with Crippen LogP contribution in [0.3, 0.4) is 0 Å². The predicted molar refractivity (Wildman–Crippen MR) is 131 cm³/mol. The maximum atomic E-state index is 13.3. The van der Waals surface area contributed by atoms with Crippen LogP contribution < -0.4 is 15.4 Å². The largest absolute Gasteiger partial charge is 0.457 e. The third kappa shape index (κ3) is 3.70. The number of ether oxygens (including phenoxy) is 1. The molecule has 1 spiro atoms. The van der Waals surface area contributed by atoms with Crippen LogP contribution in [-0.2, 0) is 21.5 Å². The van der Waals surface area contributed by atoms with Crippen molar-refractivity contribution < 1.29 is 19.1 Å². The Bertz CT molecular complexity index is 1490. The van der Waals surface area contributed by atoms with Gasteiger partial charge < -0.3 is 15.4 Å². The van der Waals surface area contributed by atoms with Gasteiger partial charge in [-0.1, -0.05) is 53.8 Å². The molecule has 6 rings (SSSR count). The number of nitrogens with zero attached hydrogens (tertiary/aromatic N) is 2. The molecule has 8 nitrogen and oxygen atoms in total. The van der Waals surface area contributed by atoms with Gasteiger partial charge in [0, 0.05) is 6.07 Å². The number of nitrogens with one attached hydrogen (secondary N) is 2. The summed E-state index contributed by atoms with van der Waals surface area (Å²) < 4.78 is 6.70. The van der Waals surface area contributed by atoms with Gasteiger partial charge in [-0.3, -0.25) is 14.5 Å². The summed E-state index contributed by atoms with van der Waals surface area (Å²) in [5, 5.41) is 5.94. The molecule has 2 heterocycles. The number of thiazole rings is 1. The molecule has 9 heteroatoms. The van der Waals surface area contributed by atoms with E-state index < -0.39 is 23.4 Å². The zero-order valence-corrected chi connectivity index (χ0v) is 19.3. The molecule has 174 valence electrons. The second kappa shape index (κ2) is 8.21. The monoisotopic (exact) mass is 484 g/mol. The van der Waals surface area contributed by atoms with E-state index in [0.717, 1.165) is 26.5 Å².